The predicted octanol–water partition coefficient (Wildman–Crippen LogP) is 3.04. The highest BCUT2D eigenvalue weighted by Crippen LogP contribution is 2.42. The molecule has 0 aromatic heterocycles. The average molecular weight is 329 g/mol. The highest BCUT2D eigenvalue weighted by molar-refractivity contribution is 7.87. The van der Waals surface area contributed by atoms with Crippen molar-refractivity contribution in [1.29, 1.82) is 5.26 Å². The summed E-state index contributed by atoms with van der Waals surface area (Å²) in [4.78, 5) is -0.00800. The molecule has 0 atom stereocenters. The minimum absolute atomic E-state index is 0.00800. The second kappa shape index (κ2) is 5.28. The third-order valence-corrected chi connectivity index (χ3v) is 4.78. The molecule has 0 N–H and O–H groups in total. The number of benzene rings is 2. The molecule has 0 saturated heterocycles. The summed E-state index contributed by atoms with van der Waals surface area (Å²) in [6.07, 6.45) is 0.691. The highest BCUT2D eigenvalue weighted by Gasteiger charge is 2.33. The van der Waals surface area contributed by atoms with Crippen LogP contribution in [0.5, 0.6) is 11.5 Å². The van der Waals surface area contributed by atoms with Gasteiger partial charge >= 0.3 is 10.1 Å². The summed E-state index contributed by atoms with van der Waals surface area (Å²) in [5.41, 5.74) is 0.914. The van der Waals surface area contributed by atoms with Gasteiger partial charge in [0.15, 0.2) is 11.5 Å². The molecule has 6 heteroatoms. The van der Waals surface area contributed by atoms with Gasteiger partial charge in [-0.05, 0) is 44.2 Å². The lowest BCUT2D eigenvalue weighted by atomic mass is 10.0. The predicted molar refractivity (Wildman–Crippen MR) is 83.8 cm³/mol. The Morgan fingerprint density at radius 3 is 2.52 bits per heavy atom. The van der Waals surface area contributed by atoms with Crippen molar-refractivity contribution < 1.29 is 17.3 Å². The summed E-state index contributed by atoms with van der Waals surface area (Å²) in [5.74, 6) is 0.646. The third-order valence-electron chi connectivity index (χ3n) is 3.53. The van der Waals surface area contributed by atoms with Gasteiger partial charge in [-0.1, -0.05) is 12.1 Å². The highest BCUT2D eigenvalue weighted by atomic mass is 32.2. The van der Waals surface area contributed by atoms with Crippen LogP contribution >= 0.6 is 0 Å². The zero-order valence-corrected chi connectivity index (χ0v) is 13.6. The summed E-state index contributed by atoms with van der Waals surface area (Å²) >= 11 is 0. The molecule has 23 heavy (non-hydrogen) atoms. The van der Waals surface area contributed by atoms with Gasteiger partial charge in [0.1, 0.15) is 10.5 Å². The van der Waals surface area contributed by atoms with E-state index in [9.17, 15) is 8.42 Å². The lowest BCUT2D eigenvalue weighted by Crippen LogP contribution is -2.24. The molecule has 118 valence electrons. The number of fused-ring (bicyclic) bond motifs is 1. The summed E-state index contributed by atoms with van der Waals surface area (Å²) in [6, 6.07) is 12.7. The quantitative estimate of drug-likeness (QED) is 0.809. The van der Waals surface area contributed by atoms with Crippen molar-refractivity contribution in [2.45, 2.75) is 30.8 Å². The lowest BCUT2D eigenvalue weighted by Gasteiger charge is -2.18. The van der Waals surface area contributed by atoms with E-state index in [1.807, 2.05) is 26.0 Å². The van der Waals surface area contributed by atoms with Crippen LogP contribution in [0.25, 0.3) is 0 Å². The van der Waals surface area contributed by atoms with E-state index < -0.39 is 10.1 Å². The van der Waals surface area contributed by atoms with Crippen molar-refractivity contribution in [3.05, 3.63) is 53.6 Å². The molecule has 5 nitrogen and oxygen atoms in total. The zero-order valence-electron chi connectivity index (χ0n) is 12.7. The Bertz CT molecular complexity index is 893. The van der Waals surface area contributed by atoms with Crippen molar-refractivity contribution in [1.82, 2.24) is 0 Å². The summed E-state index contributed by atoms with van der Waals surface area (Å²) in [7, 11) is -3.99. The molecule has 0 saturated carbocycles. The van der Waals surface area contributed by atoms with Crippen LogP contribution in [0.3, 0.4) is 0 Å². The van der Waals surface area contributed by atoms with Gasteiger partial charge in [-0.2, -0.15) is 13.7 Å². The zero-order chi connectivity index (χ0) is 16.7. The van der Waals surface area contributed by atoms with Crippen molar-refractivity contribution in [3.63, 3.8) is 0 Å². The molecule has 0 unspecified atom stereocenters. The number of hydrogen-bond acceptors (Lipinski definition) is 5. The van der Waals surface area contributed by atoms with E-state index in [1.54, 1.807) is 12.1 Å². The van der Waals surface area contributed by atoms with Gasteiger partial charge in [0.05, 0.1) is 11.6 Å². The summed E-state index contributed by atoms with van der Waals surface area (Å²) in [6.45, 7) is 3.87. The van der Waals surface area contributed by atoms with Crippen LogP contribution in [0, 0.1) is 11.3 Å². The smallest absolute Gasteiger partial charge is 0.339 e. The fourth-order valence-corrected chi connectivity index (χ4v) is 3.45. The van der Waals surface area contributed by atoms with E-state index in [-0.39, 0.29) is 16.2 Å². The Hall–Kier alpha value is -2.52. The minimum Gasteiger partial charge on any atom is -0.483 e. The Morgan fingerprint density at radius 2 is 1.87 bits per heavy atom. The van der Waals surface area contributed by atoms with Crippen molar-refractivity contribution in [2.75, 3.05) is 0 Å². The van der Waals surface area contributed by atoms with Crippen molar-refractivity contribution in [3.8, 4) is 17.6 Å². The number of rotatable bonds is 3. The van der Waals surface area contributed by atoms with Gasteiger partial charge < -0.3 is 8.92 Å². The first-order chi connectivity index (χ1) is 10.8. The van der Waals surface area contributed by atoms with E-state index in [1.165, 1.54) is 24.3 Å². The number of nitriles is 1. The molecule has 0 radical (unpaired) electrons. The van der Waals surface area contributed by atoms with E-state index in [0.717, 1.165) is 5.56 Å². The molecule has 1 aliphatic rings. The Labute approximate surface area is 135 Å². The number of hydrogen-bond donors (Lipinski definition) is 0. The molecule has 1 heterocycles. The van der Waals surface area contributed by atoms with Crippen LogP contribution in [0.15, 0.2) is 47.4 Å². The molecule has 2 aromatic carbocycles. The van der Waals surface area contributed by atoms with Crippen LogP contribution in [0.2, 0.25) is 0 Å². The normalized spacial score (nSPS) is 15.3. The van der Waals surface area contributed by atoms with Crippen LogP contribution in [-0.4, -0.2) is 14.0 Å². The lowest BCUT2D eigenvalue weighted by molar-refractivity contribution is 0.136. The van der Waals surface area contributed by atoms with Crippen molar-refractivity contribution in [2.24, 2.45) is 0 Å². The third kappa shape index (κ3) is 3.01. The van der Waals surface area contributed by atoms with Crippen LogP contribution in [-0.2, 0) is 16.5 Å². The molecule has 1 aliphatic heterocycles. The van der Waals surface area contributed by atoms with Gasteiger partial charge in [0, 0.05) is 12.0 Å². The standard InChI is InChI=1S/C17H15NO4S/c1-17(2)10-13-4-3-5-15(16(13)21-17)22-23(19,20)14-8-6-12(11-18)7-9-14/h3-9H,10H2,1-2H3. The van der Waals surface area contributed by atoms with Gasteiger partial charge in [-0.15, -0.1) is 0 Å². The number of para-hydroxylation sites is 1. The van der Waals surface area contributed by atoms with E-state index in [2.05, 4.69) is 0 Å². The molecular weight excluding hydrogens is 314 g/mol. The second-order valence-corrected chi connectivity index (χ2v) is 7.50. The Balaban J connectivity index is 1.93. The molecule has 0 amide bonds. The monoisotopic (exact) mass is 329 g/mol. The summed E-state index contributed by atoms with van der Waals surface area (Å²) in [5, 5.41) is 8.77. The van der Waals surface area contributed by atoms with Gasteiger partial charge in [-0.3, -0.25) is 0 Å². The largest absolute Gasteiger partial charge is 0.483 e. The maximum atomic E-state index is 12.4. The van der Waals surface area contributed by atoms with E-state index in [0.29, 0.717) is 17.7 Å². The second-order valence-electron chi connectivity index (χ2n) is 5.96. The Morgan fingerprint density at radius 1 is 1.17 bits per heavy atom. The van der Waals surface area contributed by atoms with Crippen molar-refractivity contribution >= 4 is 10.1 Å². The first-order valence-electron chi connectivity index (χ1n) is 7.06. The van der Waals surface area contributed by atoms with Gasteiger partial charge in [0.25, 0.3) is 0 Å². The molecule has 0 fully saturated rings. The first kappa shape index (κ1) is 15.4. The van der Waals surface area contributed by atoms with Crippen LogP contribution in [0.1, 0.15) is 25.0 Å². The average Bonchev–Trinajstić information content (AvgIpc) is 2.82. The molecule has 0 spiro atoms. The SMILES string of the molecule is CC1(C)Cc2cccc(OS(=O)(=O)c3ccc(C#N)cc3)c2O1. The van der Waals surface area contributed by atoms with Gasteiger partial charge in [0.2, 0.25) is 0 Å². The fourth-order valence-electron chi connectivity index (χ4n) is 2.52. The molecule has 3 rings (SSSR count). The minimum atomic E-state index is -3.99. The Kier molecular flexibility index (Phi) is 3.53. The van der Waals surface area contributed by atoms with Crippen LogP contribution < -0.4 is 8.92 Å². The fraction of sp³-hybridized carbons (Fsp3) is 0.235. The maximum absolute atomic E-state index is 12.4. The van der Waals surface area contributed by atoms with E-state index >= 15 is 0 Å². The molecular formula is C17H15NO4S. The molecule has 2 aromatic rings. The van der Waals surface area contributed by atoms with E-state index in [4.69, 9.17) is 14.2 Å². The number of ether oxygens (including phenoxy) is 1. The van der Waals surface area contributed by atoms with Gasteiger partial charge in [-0.25, -0.2) is 0 Å². The summed E-state index contributed by atoms with van der Waals surface area (Å²) < 4.78 is 35.9. The number of nitrogens with zero attached hydrogens (tertiary/aromatic N) is 1. The maximum Gasteiger partial charge on any atom is 0.339 e. The first-order valence-corrected chi connectivity index (χ1v) is 8.47. The van der Waals surface area contributed by atoms with Crippen LogP contribution in [0.4, 0.5) is 0 Å². The molecule has 0 bridgehead atoms. The molecule has 0 aliphatic carbocycles. The topological polar surface area (TPSA) is 76.4 Å².